The summed E-state index contributed by atoms with van der Waals surface area (Å²) in [5.74, 6) is -0.147. The number of piperidine rings is 1. The summed E-state index contributed by atoms with van der Waals surface area (Å²) >= 11 is 1.21. The highest BCUT2D eigenvalue weighted by Crippen LogP contribution is 2.30. The normalized spacial score (nSPS) is 15.9. The van der Waals surface area contributed by atoms with Gasteiger partial charge in [0.1, 0.15) is 16.6 Å². The number of anilines is 1. The molecule has 0 spiro atoms. The standard InChI is InChI=1S/C23H23FN4O3S/c1-2-31-19-10-8-15(9-11-19)23(30)28-12-4-5-16(14-28)21-26-27-22(32-21)20(29)25-18-7-3-6-17(24)13-18/h3,6-11,13,16H,2,4-5,12,14H2,1H3,(H,25,29)/t16-/m1/s1. The maximum absolute atomic E-state index is 13.3. The van der Waals surface area contributed by atoms with Crippen molar-refractivity contribution in [2.45, 2.75) is 25.7 Å². The molecule has 0 saturated carbocycles. The van der Waals surface area contributed by atoms with Gasteiger partial charge in [-0.1, -0.05) is 17.4 Å². The van der Waals surface area contributed by atoms with Gasteiger partial charge in [-0.2, -0.15) is 0 Å². The smallest absolute Gasteiger partial charge is 0.286 e. The van der Waals surface area contributed by atoms with E-state index in [4.69, 9.17) is 4.74 Å². The van der Waals surface area contributed by atoms with Gasteiger partial charge in [0.05, 0.1) is 6.61 Å². The van der Waals surface area contributed by atoms with Gasteiger partial charge in [-0.25, -0.2) is 4.39 Å². The summed E-state index contributed by atoms with van der Waals surface area (Å²) in [6.45, 7) is 3.68. The molecular weight excluding hydrogens is 431 g/mol. The van der Waals surface area contributed by atoms with Crippen LogP contribution in [-0.2, 0) is 0 Å². The summed E-state index contributed by atoms with van der Waals surface area (Å²) in [6.07, 6.45) is 1.71. The number of halogens is 1. The molecule has 0 aliphatic carbocycles. The lowest BCUT2D eigenvalue weighted by Gasteiger charge is -2.31. The second-order valence-electron chi connectivity index (χ2n) is 7.46. The number of benzene rings is 2. The Morgan fingerprint density at radius 2 is 2.03 bits per heavy atom. The second-order valence-corrected chi connectivity index (χ2v) is 8.47. The fourth-order valence-electron chi connectivity index (χ4n) is 3.65. The third-order valence-electron chi connectivity index (χ3n) is 5.19. The number of likely N-dealkylation sites (tertiary alicyclic amines) is 1. The molecule has 1 aromatic heterocycles. The van der Waals surface area contributed by atoms with Crippen LogP contribution >= 0.6 is 11.3 Å². The summed E-state index contributed by atoms with van der Waals surface area (Å²) in [5, 5.41) is 11.8. The Hall–Kier alpha value is -3.33. The van der Waals surface area contributed by atoms with Crippen molar-refractivity contribution < 1.29 is 18.7 Å². The minimum atomic E-state index is -0.433. The molecule has 166 valence electrons. The highest BCUT2D eigenvalue weighted by Gasteiger charge is 2.28. The molecule has 1 fully saturated rings. The maximum atomic E-state index is 13.3. The third-order valence-corrected chi connectivity index (χ3v) is 6.27. The Bertz CT molecular complexity index is 1100. The van der Waals surface area contributed by atoms with Gasteiger partial charge in [0.2, 0.25) is 5.01 Å². The summed E-state index contributed by atoms with van der Waals surface area (Å²) in [6, 6.07) is 12.8. The predicted molar refractivity (Wildman–Crippen MR) is 120 cm³/mol. The molecule has 1 atom stereocenters. The average molecular weight is 455 g/mol. The molecule has 0 bridgehead atoms. The van der Waals surface area contributed by atoms with Crippen molar-refractivity contribution >= 4 is 28.8 Å². The maximum Gasteiger partial charge on any atom is 0.286 e. The number of nitrogens with one attached hydrogen (secondary N) is 1. The number of amides is 2. The topological polar surface area (TPSA) is 84.4 Å². The predicted octanol–water partition coefficient (Wildman–Crippen LogP) is 4.35. The van der Waals surface area contributed by atoms with E-state index in [-0.39, 0.29) is 16.8 Å². The van der Waals surface area contributed by atoms with Gasteiger partial charge in [-0.15, -0.1) is 10.2 Å². The highest BCUT2D eigenvalue weighted by molar-refractivity contribution is 7.13. The largest absolute Gasteiger partial charge is 0.494 e. The lowest BCUT2D eigenvalue weighted by atomic mass is 9.98. The monoisotopic (exact) mass is 454 g/mol. The van der Waals surface area contributed by atoms with E-state index in [0.717, 1.165) is 23.6 Å². The van der Waals surface area contributed by atoms with E-state index >= 15 is 0 Å². The van der Waals surface area contributed by atoms with E-state index in [9.17, 15) is 14.0 Å². The Morgan fingerprint density at radius 3 is 2.78 bits per heavy atom. The van der Waals surface area contributed by atoms with Crippen molar-refractivity contribution in [2.75, 3.05) is 25.0 Å². The zero-order valence-corrected chi connectivity index (χ0v) is 18.4. The molecule has 1 aliphatic heterocycles. The number of carbonyl (C=O) groups is 2. The Morgan fingerprint density at radius 1 is 1.22 bits per heavy atom. The molecule has 4 rings (SSSR count). The molecule has 0 unspecified atom stereocenters. The summed E-state index contributed by atoms with van der Waals surface area (Å²) in [4.78, 5) is 27.2. The second kappa shape index (κ2) is 9.86. The van der Waals surface area contributed by atoms with Crippen LogP contribution in [0, 0.1) is 5.82 Å². The van der Waals surface area contributed by atoms with E-state index in [0.29, 0.717) is 30.9 Å². The highest BCUT2D eigenvalue weighted by atomic mass is 32.1. The number of nitrogens with zero attached hydrogens (tertiary/aromatic N) is 3. The average Bonchev–Trinajstić information content (AvgIpc) is 3.30. The number of carbonyl (C=O) groups excluding carboxylic acids is 2. The van der Waals surface area contributed by atoms with Crippen molar-refractivity contribution in [3.8, 4) is 5.75 Å². The number of ether oxygens (including phenoxy) is 1. The van der Waals surface area contributed by atoms with E-state index in [1.807, 2.05) is 11.8 Å². The molecule has 7 nitrogen and oxygen atoms in total. The van der Waals surface area contributed by atoms with Crippen LogP contribution in [-0.4, -0.2) is 46.6 Å². The zero-order chi connectivity index (χ0) is 22.5. The molecular formula is C23H23FN4O3S. The van der Waals surface area contributed by atoms with Crippen LogP contribution in [0.4, 0.5) is 10.1 Å². The molecule has 1 saturated heterocycles. The molecule has 3 aromatic rings. The van der Waals surface area contributed by atoms with Crippen LogP contribution in [0.25, 0.3) is 0 Å². The quantitative estimate of drug-likeness (QED) is 0.599. The van der Waals surface area contributed by atoms with Crippen molar-refractivity contribution in [1.29, 1.82) is 0 Å². The number of aromatic nitrogens is 2. The van der Waals surface area contributed by atoms with Crippen molar-refractivity contribution in [3.63, 3.8) is 0 Å². The van der Waals surface area contributed by atoms with E-state index in [1.165, 1.54) is 29.5 Å². The number of hydrogen-bond donors (Lipinski definition) is 1. The molecule has 0 radical (unpaired) electrons. The lowest BCUT2D eigenvalue weighted by molar-refractivity contribution is 0.0706. The van der Waals surface area contributed by atoms with Crippen LogP contribution < -0.4 is 10.1 Å². The van der Waals surface area contributed by atoms with Crippen LogP contribution in [0.3, 0.4) is 0 Å². The third kappa shape index (κ3) is 5.11. The van der Waals surface area contributed by atoms with E-state index in [1.54, 1.807) is 30.3 Å². The van der Waals surface area contributed by atoms with E-state index in [2.05, 4.69) is 15.5 Å². The van der Waals surface area contributed by atoms with Crippen LogP contribution in [0.5, 0.6) is 5.75 Å². The molecule has 2 amide bonds. The molecule has 9 heteroatoms. The van der Waals surface area contributed by atoms with Gasteiger partial charge in [-0.05, 0) is 62.2 Å². The first-order valence-electron chi connectivity index (χ1n) is 10.5. The first-order valence-corrected chi connectivity index (χ1v) is 11.3. The number of hydrogen-bond acceptors (Lipinski definition) is 6. The van der Waals surface area contributed by atoms with Gasteiger partial charge in [0.15, 0.2) is 0 Å². The number of rotatable bonds is 6. The molecule has 2 aromatic carbocycles. The van der Waals surface area contributed by atoms with Gasteiger partial charge >= 0.3 is 0 Å². The van der Waals surface area contributed by atoms with Crippen molar-refractivity contribution in [3.05, 3.63) is 69.9 Å². The first kappa shape index (κ1) is 21.9. The van der Waals surface area contributed by atoms with Gasteiger partial charge in [0.25, 0.3) is 11.8 Å². The van der Waals surface area contributed by atoms with Gasteiger partial charge in [0, 0.05) is 30.3 Å². The van der Waals surface area contributed by atoms with Gasteiger partial charge in [-0.3, -0.25) is 9.59 Å². The fourth-order valence-corrected chi connectivity index (χ4v) is 4.51. The van der Waals surface area contributed by atoms with Crippen LogP contribution in [0.2, 0.25) is 0 Å². The first-order chi connectivity index (χ1) is 15.5. The van der Waals surface area contributed by atoms with E-state index < -0.39 is 11.7 Å². The molecule has 1 N–H and O–H groups in total. The lowest BCUT2D eigenvalue weighted by Crippen LogP contribution is -2.39. The molecule has 2 heterocycles. The Balaban J connectivity index is 1.40. The zero-order valence-electron chi connectivity index (χ0n) is 17.6. The SMILES string of the molecule is CCOc1ccc(C(=O)N2CCC[C@@H](c3nnc(C(=O)Nc4cccc(F)c4)s3)C2)cc1. The van der Waals surface area contributed by atoms with Crippen molar-refractivity contribution in [1.82, 2.24) is 15.1 Å². The van der Waals surface area contributed by atoms with Gasteiger partial charge < -0.3 is 15.0 Å². The minimum Gasteiger partial charge on any atom is -0.494 e. The Labute approximate surface area is 189 Å². The summed E-state index contributed by atoms with van der Waals surface area (Å²) < 4.78 is 18.8. The molecule has 1 aliphatic rings. The van der Waals surface area contributed by atoms with Crippen LogP contribution in [0.1, 0.15) is 50.9 Å². The fraction of sp³-hybridized carbons (Fsp3) is 0.304. The summed E-state index contributed by atoms with van der Waals surface area (Å²) in [5.41, 5.74) is 0.970. The molecule has 32 heavy (non-hydrogen) atoms. The Kier molecular flexibility index (Phi) is 6.75. The van der Waals surface area contributed by atoms with Crippen molar-refractivity contribution in [2.24, 2.45) is 0 Å². The summed E-state index contributed by atoms with van der Waals surface area (Å²) in [7, 11) is 0. The van der Waals surface area contributed by atoms with Crippen LogP contribution in [0.15, 0.2) is 48.5 Å². The minimum absolute atomic E-state index is 0.0172.